The number of carbonyl (C=O) groups is 1. The van der Waals surface area contributed by atoms with E-state index in [4.69, 9.17) is 16.3 Å². The molecule has 0 bridgehead atoms. The number of rotatable bonds is 7. The highest BCUT2D eigenvalue weighted by Crippen LogP contribution is 2.28. The Morgan fingerprint density at radius 2 is 2.12 bits per heavy atom. The SMILES string of the molecule is Cc1cc(Cl)ccc1OC(C)C(=O)NCC(c1cccs1)N1CCCC1. The summed E-state index contributed by atoms with van der Waals surface area (Å²) in [5, 5.41) is 5.83. The molecule has 3 rings (SSSR count). The van der Waals surface area contributed by atoms with E-state index in [2.05, 4.69) is 27.7 Å². The molecule has 4 nitrogen and oxygen atoms in total. The molecule has 6 heteroatoms. The minimum atomic E-state index is -0.558. The van der Waals surface area contributed by atoms with E-state index in [1.165, 1.54) is 17.7 Å². The topological polar surface area (TPSA) is 41.6 Å². The van der Waals surface area contributed by atoms with Gasteiger partial charge in [0.05, 0.1) is 6.04 Å². The maximum absolute atomic E-state index is 12.5. The molecule has 26 heavy (non-hydrogen) atoms. The number of thiophene rings is 1. The summed E-state index contributed by atoms with van der Waals surface area (Å²) in [5.74, 6) is 0.589. The number of ether oxygens (including phenoxy) is 1. The van der Waals surface area contributed by atoms with Crippen LogP contribution in [0.25, 0.3) is 0 Å². The van der Waals surface area contributed by atoms with Gasteiger partial charge in [-0.05, 0) is 75.0 Å². The van der Waals surface area contributed by atoms with Gasteiger partial charge in [0.1, 0.15) is 5.75 Å². The first-order valence-electron chi connectivity index (χ1n) is 9.02. The smallest absolute Gasteiger partial charge is 0.260 e. The average molecular weight is 393 g/mol. The second kappa shape index (κ2) is 8.89. The number of benzene rings is 1. The number of halogens is 1. The van der Waals surface area contributed by atoms with Crippen molar-refractivity contribution in [2.24, 2.45) is 0 Å². The minimum absolute atomic E-state index is 0.0971. The van der Waals surface area contributed by atoms with Crippen LogP contribution in [0.3, 0.4) is 0 Å². The van der Waals surface area contributed by atoms with Gasteiger partial charge in [-0.15, -0.1) is 11.3 Å². The van der Waals surface area contributed by atoms with Crippen LogP contribution < -0.4 is 10.1 Å². The number of amides is 1. The summed E-state index contributed by atoms with van der Waals surface area (Å²) in [6.45, 7) is 6.49. The Labute approximate surface area is 164 Å². The zero-order valence-corrected chi connectivity index (χ0v) is 16.8. The van der Waals surface area contributed by atoms with Crippen LogP contribution in [0.15, 0.2) is 35.7 Å². The fraction of sp³-hybridized carbons (Fsp3) is 0.450. The van der Waals surface area contributed by atoms with E-state index in [0.717, 1.165) is 18.7 Å². The molecule has 1 amide bonds. The molecule has 2 atom stereocenters. The van der Waals surface area contributed by atoms with Gasteiger partial charge < -0.3 is 10.1 Å². The maximum atomic E-state index is 12.5. The van der Waals surface area contributed by atoms with Gasteiger partial charge in [0.2, 0.25) is 0 Å². The third-order valence-corrected chi connectivity index (χ3v) is 5.94. The quantitative estimate of drug-likeness (QED) is 0.757. The van der Waals surface area contributed by atoms with Crippen LogP contribution >= 0.6 is 22.9 Å². The summed E-state index contributed by atoms with van der Waals surface area (Å²) in [7, 11) is 0. The van der Waals surface area contributed by atoms with Crippen LogP contribution in [0.2, 0.25) is 5.02 Å². The van der Waals surface area contributed by atoms with Gasteiger partial charge in [0, 0.05) is 16.4 Å². The van der Waals surface area contributed by atoms with E-state index in [1.807, 2.05) is 13.0 Å². The first kappa shape index (κ1) is 19.2. The molecule has 1 aliphatic rings. The highest BCUT2D eigenvalue weighted by Gasteiger charge is 2.25. The van der Waals surface area contributed by atoms with E-state index in [9.17, 15) is 4.79 Å². The number of nitrogens with one attached hydrogen (secondary N) is 1. The van der Waals surface area contributed by atoms with Crippen LogP contribution in [-0.4, -0.2) is 36.5 Å². The molecule has 140 valence electrons. The Kier molecular flexibility index (Phi) is 6.57. The Morgan fingerprint density at radius 3 is 2.77 bits per heavy atom. The first-order valence-corrected chi connectivity index (χ1v) is 10.3. The molecule has 2 aromatic rings. The second-order valence-corrected chi connectivity index (χ2v) is 8.11. The average Bonchev–Trinajstić information content (AvgIpc) is 3.31. The van der Waals surface area contributed by atoms with Gasteiger partial charge in [-0.25, -0.2) is 0 Å². The third kappa shape index (κ3) is 4.78. The van der Waals surface area contributed by atoms with Crippen LogP contribution in [0.5, 0.6) is 5.75 Å². The van der Waals surface area contributed by atoms with E-state index in [0.29, 0.717) is 17.3 Å². The number of aryl methyl sites for hydroxylation is 1. The van der Waals surface area contributed by atoms with Gasteiger partial charge in [-0.3, -0.25) is 9.69 Å². The van der Waals surface area contributed by atoms with Crippen molar-refractivity contribution in [2.75, 3.05) is 19.6 Å². The lowest BCUT2D eigenvalue weighted by molar-refractivity contribution is -0.127. The molecule has 0 spiro atoms. The molecule has 1 fully saturated rings. The molecular formula is C20H25ClN2O2S. The van der Waals surface area contributed by atoms with Crippen molar-refractivity contribution < 1.29 is 9.53 Å². The van der Waals surface area contributed by atoms with Gasteiger partial charge in [-0.1, -0.05) is 17.7 Å². The second-order valence-electron chi connectivity index (χ2n) is 6.69. The van der Waals surface area contributed by atoms with Gasteiger partial charge in [-0.2, -0.15) is 0 Å². The molecule has 0 aliphatic carbocycles. The summed E-state index contributed by atoms with van der Waals surface area (Å²) in [5.41, 5.74) is 0.922. The third-order valence-electron chi connectivity index (χ3n) is 4.73. The lowest BCUT2D eigenvalue weighted by Gasteiger charge is -2.27. The molecule has 1 aromatic carbocycles. The molecular weight excluding hydrogens is 368 g/mol. The predicted octanol–water partition coefficient (Wildman–Crippen LogP) is 4.43. The van der Waals surface area contributed by atoms with Crippen molar-refractivity contribution in [3.05, 3.63) is 51.2 Å². The van der Waals surface area contributed by atoms with Crippen molar-refractivity contribution in [2.45, 2.75) is 38.8 Å². The Morgan fingerprint density at radius 1 is 1.35 bits per heavy atom. The van der Waals surface area contributed by atoms with Crippen LogP contribution in [0, 0.1) is 6.92 Å². The van der Waals surface area contributed by atoms with Gasteiger partial charge in [0.15, 0.2) is 6.10 Å². The van der Waals surface area contributed by atoms with Crippen LogP contribution in [-0.2, 0) is 4.79 Å². The Balaban J connectivity index is 1.59. The van der Waals surface area contributed by atoms with E-state index < -0.39 is 6.10 Å². The van der Waals surface area contributed by atoms with Crippen molar-refractivity contribution in [3.8, 4) is 5.75 Å². The number of hydrogen-bond acceptors (Lipinski definition) is 4. The number of carbonyl (C=O) groups excluding carboxylic acids is 1. The summed E-state index contributed by atoms with van der Waals surface area (Å²) in [6.07, 6.45) is 1.90. The molecule has 0 radical (unpaired) electrons. The van der Waals surface area contributed by atoms with E-state index in [-0.39, 0.29) is 11.9 Å². The predicted molar refractivity (Wildman–Crippen MR) is 107 cm³/mol. The molecule has 1 N–H and O–H groups in total. The number of likely N-dealkylation sites (tertiary alicyclic amines) is 1. The lowest BCUT2D eigenvalue weighted by Crippen LogP contribution is -2.41. The normalized spacial score (nSPS) is 17.0. The van der Waals surface area contributed by atoms with Crippen molar-refractivity contribution in [3.63, 3.8) is 0 Å². The standard InChI is InChI=1S/C20H25ClN2O2S/c1-14-12-16(21)7-8-18(14)25-15(2)20(24)22-13-17(19-6-5-11-26-19)23-9-3-4-10-23/h5-8,11-12,15,17H,3-4,9-10,13H2,1-2H3,(H,22,24). The van der Waals surface area contributed by atoms with Gasteiger partial charge in [0.25, 0.3) is 5.91 Å². The number of nitrogens with zero attached hydrogens (tertiary/aromatic N) is 1. The molecule has 1 aliphatic heterocycles. The lowest BCUT2D eigenvalue weighted by atomic mass is 10.2. The summed E-state index contributed by atoms with van der Waals surface area (Å²) in [6, 6.07) is 9.87. The fourth-order valence-corrected chi connectivity index (χ4v) is 4.36. The molecule has 2 heterocycles. The monoisotopic (exact) mass is 392 g/mol. The van der Waals surface area contributed by atoms with Gasteiger partial charge >= 0.3 is 0 Å². The first-order chi connectivity index (χ1) is 12.5. The van der Waals surface area contributed by atoms with Crippen LogP contribution in [0.4, 0.5) is 0 Å². The van der Waals surface area contributed by atoms with Crippen molar-refractivity contribution >= 4 is 28.8 Å². The van der Waals surface area contributed by atoms with E-state index >= 15 is 0 Å². The Bertz CT molecular complexity index is 729. The highest BCUT2D eigenvalue weighted by atomic mass is 35.5. The Hall–Kier alpha value is -1.56. The van der Waals surface area contributed by atoms with Crippen molar-refractivity contribution in [1.29, 1.82) is 0 Å². The largest absolute Gasteiger partial charge is 0.481 e. The maximum Gasteiger partial charge on any atom is 0.260 e. The van der Waals surface area contributed by atoms with Crippen molar-refractivity contribution in [1.82, 2.24) is 10.2 Å². The molecule has 1 saturated heterocycles. The van der Waals surface area contributed by atoms with Crippen LogP contribution in [0.1, 0.15) is 36.2 Å². The zero-order valence-electron chi connectivity index (χ0n) is 15.2. The minimum Gasteiger partial charge on any atom is -0.481 e. The highest BCUT2D eigenvalue weighted by molar-refractivity contribution is 7.10. The summed E-state index contributed by atoms with van der Waals surface area (Å²) < 4.78 is 5.83. The fourth-order valence-electron chi connectivity index (χ4n) is 3.27. The summed E-state index contributed by atoms with van der Waals surface area (Å²) in [4.78, 5) is 16.3. The zero-order chi connectivity index (χ0) is 18.5. The van der Waals surface area contributed by atoms with E-state index in [1.54, 1.807) is 30.4 Å². The number of hydrogen-bond donors (Lipinski definition) is 1. The molecule has 1 aromatic heterocycles. The molecule has 0 saturated carbocycles. The molecule has 2 unspecified atom stereocenters. The summed E-state index contributed by atoms with van der Waals surface area (Å²) >= 11 is 7.72.